The van der Waals surface area contributed by atoms with Gasteiger partial charge in [0.1, 0.15) is 0 Å². The van der Waals surface area contributed by atoms with Gasteiger partial charge in [0.05, 0.1) is 5.56 Å². The van der Waals surface area contributed by atoms with Crippen LogP contribution in [0, 0.1) is 6.92 Å². The van der Waals surface area contributed by atoms with Crippen LogP contribution in [-0.2, 0) is 0 Å². The predicted octanol–water partition coefficient (Wildman–Crippen LogP) is 2.98. The minimum Gasteiger partial charge on any atom is -0.398 e. The summed E-state index contributed by atoms with van der Waals surface area (Å²) in [6.07, 6.45) is 3.48. The number of nitrogens with one attached hydrogen (secondary N) is 1. The summed E-state index contributed by atoms with van der Waals surface area (Å²) in [5.41, 5.74) is 8.16. The van der Waals surface area contributed by atoms with Crippen LogP contribution < -0.4 is 11.1 Å². The highest BCUT2D eigenvalue weighted by atomic mass is 32.2. The Morgan fingerprint density at radius 2 is 2.26 bits per heavy atom. The fraction of sp³-hybridized carbons (Fsp3) is 0.533. The van der Waals surface area contributed by atoms with Gasteiger partial charge in [0.15, 0.2) is 0 Å². The molecule has 3 nitrogen and oxygen atoms in total. The van der Waals surface area contributed by atoms with Gasteiger partial charge in [-0.1, -0.05) is 19.4 Å². The molecule has 4 heteroatoms. The molecular weight excluding hydrogens is 256 g/mol. The lowest BCUT2D eigenvalue weighted by molar-refractivity contribution is 0.0939. The van der Waals surface area contributed by atoms with Gasteiger partial charge in [0, 0.05) is 17.0 Å². The first kappa shape index (κ1) is 14.3. The van der Waals surface area contributed by atoms with Gasteiger partial charge in [0.25, 0.3) is 5.91 Å². The third-order valence-corrected chi connectivity index (χ3v) is 4.93. The summed E-state index contributed by atoms with van der Waals surface area (Å²) < 4.78 is 0. The quantitative estimate of drug-likeness (QED) is 0.833. The molecule has 1 aromatic carbocycles. The number of nitrogen functional groups attached to an aromatic ring is 1. The van der Waals surface area contributed by atoms with Gasteiger partial charge >= 0.3 is 0 Å². The van der Waals surface area contributed by atoms with E-state index in [1.54, 1.807) is 0 Å². The first-order valence-corrected chi connectivity index (χ1v) is 7.95. The van der Waals surface area contributed by atoms with Crippen molar-refractivity contribution in [2.24, 2.45) is 0 Å². The molecule has 0 radical (unpaired) electrons. The fourth-order valence-electron chi connectivity index (χ4n) is 2.64. The van der Waals surface area contributed by atoms with Crippen molar-refractivity contribution >= 4 is 23.4 Å². The Morgan fingerprint density at radius 3 is 2.95 bits per heavy atom. The predicted molar refractivity (Wildman–Crippen MR) is 82.6 cm³/mol. The summed E-state index contributed by atoms with van der Waals surface area (Å²) in [5.74, 6) is 1.06. The van der Waals surface area contributed by atoms with E-state index in [0.29, 0.717) is 16.5 Å². The maximum absolute atomic E-state index is 12.3. The molecule has 2 rings (SSSR count). The van der Waals surface area contributed by atoms with Crippen molar-refractivity contribution < 1.29 is 4.79 Å². The van der Waals surface area contributed by atoms with Crippen LogP contribution in [0.25, 0.3) is 0 Å². The van der Waals surface area contributed by atoms with Gasteiger partial charge in [-0.05, 0) is 43.2 Å². The van der Waals surface area contributed by atoms with Crippen molar-refractivity contribution in [2.45, 2.75) is 44.4 Å². The van der Waals surface area contributed by atoms with Crippen molar-refractivity contribution in [1.82, 2.24) is 5.32 Å². The number of hydrogen-bond acceptors (Lipinski definition) is 3. The minimum absolute atomic E-state index is 0.0360. The number of rotatable bonds is 4. The number of nitrogens with two attached hydrogens (primary N) is 1. The maximum Gasteiger partial charge on any atom is 0.253 e. The van der Waals surface area contributed by atoms with Crippen molar-refractivity contribution in [3.8, 4) is 0 Å². The summed E-state index contributed by atoms with van der Waals surface area (Å²) in [7, 11) is 0. The Labute approximate surface area is 119 Å². The van der Waals surface area contributed by atoms with E-state index in [1.807, 2.05) is 36.9 Å². The van der Waals surface area contributed by atoms with Crippen molar-refractivity contribution in [2.75, 3.05) is 11.5 Å². The zero-order chi connectivity index (χ0) is 13.8. The average molecular weight is 278 g/mol. The first-order valence-electron chi connectivity index (χ1n) is 6.90. The molecule has 1 saturated carbocycles. The number of thioether (sulfide) groups is 1. The molecule has 19 heavy (non-hydrogen) atoms. The van der Waals surface area contributed by atoms with Crippen LogP contribution in [0.15, 0.2) is 18.2 Å². The van der Waals surface area contributed by atoms with Gasteiger partial charge in [-0.3, -0.25) is 4.79 Å². The van der Waals surface area contributed by atoms with E-state index in [-0.39, 0.29) is 11.9 Å². The number of carbonyl (C=O) groups excluding carboxylic acids is 1. The van der Waals surface area contributed by atoms with E-state index in [1.165, 1.54) is 12.8 Å². The molecule has 1 aliphatic carbocycles. The smallest absolute Gasteiger partial charge is 0.253 e. The van der Waals surface area contributed by atoms with Gasteiger partial charge in [0.2, 0.25) is 0 Å². The Hall–Kier alpha value is -1.16. The highest BCUT2D eigenvalue weighted by Crippen LogP contribution is 2.30. The van der Waals surface area contributed by atoms with Gasteiger partial charge in [-0.15, -0.1) is 0 Å². The van der Waals surface area contributed by atoms with E-state index in [0.717, 1.165) is 17.7 Å². The van der Waals surface area contributed by atoms with Crippen molar-refractivity contribution in [1.29, 1.82) is 0 Å². The molecule has 0 aliphatic heterocycles. The molecule has 0 saturated heterocycles. The zero-order valence-corrected chi connectivity index (χ0v) is 12.4. The Kier molecular flexibility index (Phi) is 4.75. The summed E-state index contributed by atoms with van der Waals surface area (Å²) in [4.78, 5) is 12.3. The van der Waals surface area contributed by atoms with E-state index in [4.69, 9.17) is 5.73 Å². The first-order chi connectivity index (χ1) is 9.11. The SMILES string of the molecule is CCSC1CCCC1NC(=O)c1ccc(C)cc1N. The molecule has 2 unspecified atom stereocenters. The van der Waals surface area contributed by atoms with Crippen LogP contribution in [-0.4, -0.2) is 23.0 Å². The molecule has 0 aromatic heterocycles. The summed E-state index contributed by atoms with van der Waals surface area (Å²) in [6.45, 7) is 4.14. The minimum atomic E-state index is -0.0360. The molecule has 1 aliphatic rings. The summed E-state index contributed by atoms with van der Waals surface area (Å²) in [5, 5.41) is 3.71. The zero-order valence-electron chi connectivity index (χ0n) is 11.6. The summed E-state index contributed by atoms with van der Waals surface area (Å²) >= 11 is 1.94. The van der Waals surface area contributed by atoms with Crippen LogP contribution in [0.4, 0.5) is 5.69 Å². The van der Waals surface area contributed by atoms with Crippen molar-refractivity contribution in [3.63, 3.8) is 0 Å². The molecule has 1 amide bonds. The van der Waals surface area contributed by atoms with E-state index in [9.17, 15) is 4.79 Å². The van der Waals surface area contributed by atoms with Gasteiger partial charge in [-0.25, -0.2) is 0 Å². The van der Waals surface area contributed by atoms with Crippen LogP contribution in [0.1, 0.15) is 42.1 Å². The number of benzene rings is 1. The lowest BCUT2D eigenvalue weighted by Crippen LogP contribution is -2.39. The molecule has 0 spiro atoms. The largest absolute Gasteiger partial charge is 0.398 e. The Bertz CT molecular complexity index is 461. The van der Waals surface area contributed by atoms with Crippen LogP contribution in [0.5, 0.6) is 0 Å². The van der Waals surface area contributed by atoms with Crippen LogP contribution in [0.2, 0.25) is 0 Å². The molecule has 1 fully saturated rings. The number of aryl methyl sites for hydroxylation is 1. The van der Waals surface area contributed by atoms with E-state index >= 15 is 0 Å². The van der Waals surface area contributed by atoms with Crippen LogP contribution >= 0.6 is 11.8 Å². The molecule has 1 aromatic rings. The average Bonchev–Trinajstić information content (AvgIpc) is 2.77. The second-order valence-electron chi connectivity index (χ2n) is 5.10. The Morgan fingerprint density at radius 1 is 1.47 bits per heavy atom. The normalized spacial score (nSPS) is 22.4. The molecule has 0 heterocycles. The van der Waals surface area contributed by atoms with Gasteiger partial charge < -0.3 is 11.1 Å². The molecular formula is C15H22N2OS. The number of anilines is 1. The monoisotopic (exact) mass is 278 g/mol. The van der Waals surface area contributed by atoms with Crippen LogP contribution in [0.3, 0.4) is 0 Å². The molecule has 2 atom stereocenters. The maximum atomic E-state index is 12.3. The topological polar surface area (TPSA) is 55.1 Å². The molecule has 0 bridgehead atoms. The van der Waals surface area contributed by atoms with Gasteiger partial charge in [-0.2, -0.15) is 11.8 Å². The van der Waals surface area contributed by atoms with E-state index < -0.39 is 0 Å². The molecule has 104 valence electrons. The number of carbonyl (C=O) groups is 1. The lowest BCUT2D eigenvalue weighted by Gasteiger charge is -2.20. The fourth-order valence-corrected chi connectivity index (χ4v) is 3.84. The third-order valence-electron chi connectivity index (χ3n) is 3.60. The van der Waals surface area contributed by atoms with E-state index in [2.05, 4.69) is 12.2 Å². The molecule has 3 N–H and O–H groups in total. The third kappa shape index (κ3) is 3.44. The van der Waals surface area contributed by atoms with Crippen molar-refractivity contribution in [3.05, 3.63) is 29.3 Å². The summed E-state index contributed by atoms with van der Waals surface area (Å²) in [6, 6.07) is 5.88. The second-order valence-corrected chi connectivity index (χ2v) is 6.61. The standard InChI is InChI=1S/C15H22N2OS/c1-3-19-14-6-4-5-13(14)17-15(18)11-8-7-10(2)9-12(11)16/h7-9,13-14H,3-6,16H2,1-2H3,(H,17,18). The lowest BCUT2D eigenvalue weighted by atomic mass is 10.1. The number of hydrogen-bond donors (Lipinski definition) is 2. The Balaban J connectivity index is 2.04. The highest BCUT2D eigenvalue weighted by Gasteiger charge is 2.28. The highest BCUT2D eigenvalue weighted by molar-refractivity contribution is 7.99. The number of amides is 1. The second kappa shape index (κ2) is 6.33.